The third kappa shape index (κ3) is 2.94. The minimum absolute atomic E-state index is 0.171. The van der Waals surface area contributed by atoms with Crippen LogP contribution in [0.3, 0.4) is 0 Å². The van der Waals surface area contributed by atoms with E-state index < -0.39 is 0 Å². The molecule has 3 aromatic rings. The molecule has 0 bridgehead atoms. The van der Waals surface area contributed by atoms with Gasteiger partial charge in [-0.2, -0.15) is 0 Å². The van der Waals surface area contributed by atoms with E-state index in [4.69, 9.17) is 0 Å². The summed E-state index contributed by atoms with van der Waals surface area (Å²) in [6.07, 6.45) is 0.578. The van der Waals surface area contributed by atoms with Crippen LogP contribution in [0.1, 0.15) is 18.3 Å². The van der Waals surface area contributed by atoms with Crippen molar-refractivity contribution in [1.82, 2.24) is 9.55 Å². The smallest absolute Gasteiger partial charge is 0.266 e. The van der Waals surface area contributed by atoms with Crippen LogP contribution in [0, 0.1) is 16.3 Å². The first kappa shape index (κ1) is 16.6. The maximum atomic E-state index is 13.8. The molecule has 0 aliphatic heterocycles. The number of benzene rings is 2. The molecule has 0 atom stereocenters. The lowest BCUT2D eigenvalue weighted by Crippen LogP contribution is -2.24. The number of aromatic nitrogens is 2. The Balaban J connectivity index is 2.42. The second kappa shape index (κ2) is 6.32. The van der Waals surface area contributed by atoms with Crippen molar-refractivity contribution in [2.24, 2.45) is 0 Å². The Morgan fingerprint density at radius 1 is 1.30 bits per heavy atom. The van der Waals surface area contributed by atoms with Crippen LogP contribution in [-0.4, -0.2) is 9.55 Å². The van der Waals surface area contributed by atoms with E-state index >= 15 is 0 Å². The Kier molecular flexibility index (Phi) is 4.55. The highest BCUT2D eigenvalue weighted by Crippen LogP contribution is 2.22. The predicted octanol–water partition coefficient (Wildman–Crippen LogP) is 4.76. The molecule has 0 unspecified atom stereocenters. The fraction of sp³-hybridized carbons (Fsp3) is 0.176. The molecule has 1 aromatic heterocycles. The number of fused-ring (bicyclic) bond motifs is 1. The van der Waals surface area contributed by atoms with Gasteiger partial charge >= 0.3 is 0 Å². The summed E-state index contributed by atoms with van der Waals surface area (Å²) in [7, 11) is 0. The number of hydrogen-bond donors (Lipinski definition) is 0. The zero-order valence-corrected chi connectivity index (χ0v) is 16.3. The lowest BCUT2D eigenvalue weighted by Gasteiger charge is -2.15. The molecular weight excluding hydrogens is 474 g/mol. The van der Waals surface area contributed by atoms with Crippen molar-refractivity contribution in [3.8, 4) is 5.69 Å². The molecule has 1 heterocycles. The van der Waals surface area contributed by atoms with Crippen molar-refractivity contribution in [3.05, 3.63) is 65.9 Å². The van der Waals surface area contributed by atoms with Crippen LogP contribution in [0.15, 0.2) is 39.6 Å². The molecule has 118 valence electrons. The maximum Gasteiger partial charge on any atom is 0.266 e. The van der Waals surface area contributed by atoms with Gasteiger partial charge < -0.3 is 0 Å². The van der Waals surface area contributed by atoms with Gasteiger partial charge in [0.25, 0.3) is 5.56 Å². The molecule has 6 heteroatoms. The number of hydrogen-bond acceptors (Lipinski definition) is 2. The Hall–Kier alpha value is -1.28. The maximum absolute atomic E-state index is 13.8. The van der Waals surface area contributed by atoms with E-state index in [9.17, 15) is 9.18 Å². The van der Waals surface area contributed by atoms with Gasteiger partial charge in [0.05, 0.1) is 16.6 Å². The van der Waals surface area contributed by atoms with Gasteiger partial charge in [-0.05, 0) is 59.3 Å². The van der Waals surface area contributed by atoms with Crippen molar-refractivity contribution < 1.29 is 4.39 Å². The summed E-state index contributed by atoms with van der Waals surface area (Å²) < 4.78 is 16.8. The summed E-state index contributed by atoms with van der Waals surface area (Å²) in [5.74, 6) is 0.262. The van der Waals surface area contributed by atoms with Crippen LogP contribution in [0.2, 0.25) is 0 Å². The van der Waals surface area contributed by atoms with E-state index in [1.54, 1.807) is 10.6 Å². The lowest BCUT2D eigenvalue weighted by atomic mass is 10.1. The van der Waals surface area contributed by atoms with E-state index in [0.29, 0.717) is 26.7 Å². The lowest BCUT2D eigenvalue weighted by molar-refractivity contribution is 0.621. The normalized spacial score (nSPS) is 11.2. The van der Waals surface area contributed by atoms with Crippen LogP contribution in [0.4, 0.5) is 4.39 Å². The molecule has 2 aromatic carbocycles. The number of halogens is 3. The summed E-state index contributed by atoms with van der Waals surface area (Å²) in [5.41, 5.74) is 1.99. The van der Waals surface area contributed by atoms with Gasteiger partial charge in [-0.3, -0.25) is 9.36 Å². The van der Waals surface area contributed by atoms with Crippen LogP contribution in [0.5, 0.6) is 0 Å². The van der Waals surface area contributed by atoms with Crippen LogP contribution in [-0.2, 0) is 6.42 Å². The van der Waals surface area contributed by atoms with E-state index in [1.807, 2.05) is 54.6 Å². The molecule has 0 saturated heterocycles. The van der Waals surface area contributed by atoms with Crippen molar-refractivity contribution in [3.63, 3.8) is 0 Å². The minimum Gasteiger partial charge on any atom is -0.268 e. The van der Waals surface area contributed by atoms with Gasteiger partial charge in [0.2, 0.25) is 0 Å². The van der Waals surface area contributed by atoms with E-state index in [2.05, 4.69) is 20.9 Å². The third-order valence-corrected chi connectivity index (χ3v) is 5.02. The number of aryl methyl sites for hydroxylation is 2. The SMILES string of the molecule is CCc1nc2cc(F)c(I)cc2c(=O)n1-c1ccc(Br)cc1C. The standard InChI is InChI=1S/C17H13BrFIN2O/c1-3-16-21-14-8-12(19)13(20)7-11(14)17(23)22(16)15-5-4-10(18)6-9(15)2/h4-8H,3H2,1-2H3. The monoisotopic (exact) mass is 486 g/mol. The first-order valence-electron chi connectivity index (χ1n) is 7.09. The van der Waals surface area contributed by atoms with E-state index in [1.165, 1.54) is 6.07 Å². The molecule has 0 amide bonds. The highest BCUT2D eigenvalue weighted by molar-refractivity contribution is 14.1. The zero-order valence-electron chi connectivity index (χ0n) is 12.5. The van der Waals surface area contributed by atoms with Crippen molar-refractivity contribution in [2.45, 2.75) is 20.3 Å². The minimum atomic E-state index is -0.357. The summed E-state index contributed by atoms with van der Waals surface area (Å²) in [6, 6.07) is 8.63. The first-order valence-corrected chi connectivity index (χ1v) is 8.96. The third-order valence-electron chi connectivity index (χ3n) is 3.70. The zero-order chi connectivity index (χ0) is 16.7. The average molecular weight is 487 g/mol. The summed E-state index contributed by atoms with van der Waals surface area (Å²) in [5, 5.41) is 0.426. The fourth-order valence-corrected chi connectivity index (χ4v) is 3.52. The molecule has 0 saturated carbocycles. The molecule has 0 radical (unpaired) electrons. The molecule has 0 aliphatic rings. The van der Waals surface area contributed by atoms with Crippen LogP contribution >= 0.6 is 38.5 Å². The largest absolute Gasteiger partial charge is 0.268 e. The Morgan fingerprint density at radius 3 is 2.70 bits per heavy atom. The highest BCUT2D eigenvalue weighted by Gasteiger charge is 2.15. The Morgan fingerprint density at radius 2 is 2.04 bits per heavy atom. The number of rotatable bonds is 2. The second-order valence-corrected chi connectivity index (χ2v) is 7.31. The van der Waals surface area contributed by atoms with Gasteiger partial charge in [-0.15, -0.1) is 0 Å². The predicted molar refractivity (Wildman–Crippen MR) is 102 cm³/mol. The van der Waals surface area contributed by atoms with Crippen molar-refractivity contribution in [2.75, 3.05) is 0 Å². The fourth-order valence-electron chi connectivity index (χ4n) is 2.58. The molecule has 0 aliphatic carbocycles. The van der Waals surface area contributed by atoms with Gasteiger partial charge in [-0.1, -0.05) is 22.9 Å². The van der Waals surface area contributed by atoms with Crippen molar-refractivity contribution >= 4 is 49.4 Å². The van der Waals surface area contributed by atoms with Crippen LogP contribution < -0.4 is 5.56 Å². The molecule has 23 heavy (non-hydrogen) atoms. The number of nitrogens with zero attached hydrogens (tertiary/aromatic N) is 2. The van der Waals surface area contributed by atoms with Gasteiger partial charge in [-0.25, -0.2) is 9.37 Å². The second-order valence-electron chi connectivity index (χ2n) is 5.24. The Bertz CT molecular complexity index is 984. The molecular formula is C17H13BrFIN2O. The highest BCUT2D eigenvalue weighted by atomic mass is 127. The summed E-state index contributed by atoms with van der Waals surface area (Å²) in [4.78, 5) is 17.5. The quantitative estimate of drug-likeness (QED) is 0.489. The molecule has 0 spiro atoms. The average Bonchev–Trinajstić information content (AvgIpc) is 2.50. The van der Waals surface area contributed by atoms with E-state index in [0.717, 1.165) is 15.7 Å². The van der Waals surface area contributed by atoms with Gasteiger partial charge in [0, 0.05) is 20.5 Å². The molecule has 0 N–H and O–H groups in total. The topological polar surface area (TPSA) is 34.9 Å². The summed E-state index contributed by atoms with van der Waals surface area (Å²) in [6.45, 7) is 3.88. The van der Waals surface area contributed by atoms with Gasteiger partial charge in [0.15, 0.2) is 0 Å². The molecule has 0 fully saturated rings. The van der Waals surface area contributed by atoms with Crippen LogP contribution in [0.25, 0.3) is 16.6 Å². The van der Waals surface area contributed by atoms with E-state index in [-0.39, 0.29) is 11.4 Å². The first-order chi connectivity index (χ1) is 10.9. The summed E-state index contributed by atoms with van der Waals surface area (Å²) >= 11 is 5.32. The van der Waals surface area contributed by atoms with Crippen molar-refractivity contribution in [1.29, 1.82) is 0 Å². The van der Waals surface area contributed by atoms with Gasteiger partial charge in [0.1, 0.15) is 11.6 Å². The Labute approximate surface area is 154 Å². The molecule has 3 rings (SSSR count). The molecule has 3 nitrogen and oxygen atoms in total.